The van der Waals surface area contributed by atoms with Crippen LogP contribution in [0.3, 0.4) is 0 Å². The van der Waals surface area contributed by atoms with Gasteiger partial charge >= 0.3 is 0 Å². The van der Waals surface area contributed by atoms with Gasteiger partial charge in [0.25, 0.3) is 0 Å². The first-order valence-corrected chi connectivity index (χ1v) is 4.08. The van der Waals surface area contributed by atoms with E-state index >= 15 is 0 Å². The molecule has 0 bridgehead atoms. The Morgan fingerprint density at radius 3 is 2.69 bits per heavy atom. The number of allylic oxidation sites excluding steroid dienone is 3. The van der Waals surface area contributed by atoms with Crippen molar-refractivity contribution in [1.29, 1.82) is 0 Å². The van der Waals surface area contributed by atoms with E-state index < -0.39 is 0 Å². The Labute approximate surface area is 82.1 Å². The minimum Gasteiger partial charge on any atom is -0.373 e. The number of nitrogens with two attached hydrogens (primary N) is 1. The molecule has 5 heteroatoms. The van der Waals surface area contributed by atoms with Crippen molar-refractivity contribution in [2.45, 2.75) is 0 Å². The second-order valence-electron chi connectivity index (χ2n) is 2.48. The average molecular weight is 194 g/mol. The number of hydrogen-bond acceptors (Lipinski definition) is 3. The fourth-order valence-electron chi connectivity index (χ4n) is 0.751. The lowest BCUT2D eigenvalue weighted by Gasteiger charge is -2.10. The molecule has 0 radical (unpaired) electrons. The molecule has 1 rings (SSSR count). The van der Waals surface area contributed by atoms with Gasteiger partial charge in [-0.25, -0.2) is 0 Å². The molecule has 4 nitrogen and oxygen atoms in total. The molecule has 1 aliphatic rings. The largest absolute Gasteiger partial charge is 0.373 e. The van der Waals surface area contributed by atoms with Crippen LogP contribution in [0.5, 0.6) is 0 Å². The molecule has 13 heavy (non-hydrogen) atoms. The Morgan fingerprint density at radius 1 is 1.54 bits per heavy atom. The summed E-state index contributed by atoms with van der Waals surface area (Å²) in [6.45, 7) is 0. The Balaban J connectivity index is 2.59. The van der Waals surface area contributed by atoms with E-state index in [4.69, 9.17) is 5.73 Å². The van der Waals surface area contributed by atoms with Crippen molar-refractivity contribution < 1.29 is 0 Å². The molecule has 1 heterocycles. The van der Waals surface area contributed by atoms with Crippen LogP contribution in [-0.2, 0) is 0 Å². The topological polar surface area (TPSA) is 54.0 Å². The minimum absolute atomic E-state index is 0.0396. The molecule has 0 fully saturated rings. The summed E-state index contributed by atoms with van der Waals surface area (Å²) < 4.78 is 0. The summed E-state index contributed by atoms with van der Waals surface area (Å²) in [5, 5.41) is 7.25. The van der Waals surface area contributed by atoms with Crippen LogP contribution in [0.4, 0.5) is 0 Å². The Bertz CT molecular complexity index is 298. The molecule has 1 aliphatic heterocycles. The minimum atomic E-state index is 0.0396. The lowest BCUT2D eigenvalue weighted by atomic mass is 10.2. The van der Waals surface area contributed by atoms with E-state index in [-0.39, 0.29) is 5.11 Å². The Kier molecular flexibility index (Phi) is 3.33. The third-order valence-electron chi connectivity index (χ3n) is 1.37. The highest BCUT2D eigenvalue weighted by Gasteiger charge is 1.93. The molecule has 0 aromatic heterocycles. The average Bonchev–Trinajstić information content (AvgIpc) is 2.08. The smallest absolute Gasteiger partial charge is 0.211 e. The quantitative estimate of drug-likeness (QED) is 0.509. The maximum absolute atomic E-state index is 5.13. The fourth-order valence-corrected chi connectivity index (χ4v) is 0.798. The molecule has 0 amide bonds. The lowest BCUT2D eigenvalue weighted by Crippen LogP contribution is -2.03. The summed E-state index contributed by atoms with van der Waals surface area (Å²) in [6, 6.07) is 0. The summed E-state index contributed by atoms with van der Waals surface area (Å²) in [7, 11) is 1.94. The van der Waals surface area contributed by atoms with Gasteiger partial charge in [-0.15, -0.1) is 5.11 Å². The van der Waals surface area contributed by atoms with Crippen LogP contribution in [-0.4, -0.2) is 17.1 Å². The molecule has 0 aliphatic carbocycles. The second kappa shape index (κ2) is 4.51. The molecule has 0 aromatic carbocycles. The highest BCUT2D eigenvalue weighted by molar-refractivity contribution is 7.80. The van der Waals surface area contributed by atoms with Gasteiger partial charge in [0.05, 0.1) is 6.20 Å². The van der Waals surface area contributed by atoms with Crippen LogP contribution in [0.25, 0.3) is 0 Å². The van der Waals surface area contributed by atoms with Crippen molar-refractivity contribution in [3.63, 3.8) is 0 Å². The van der Waals surface area contributed by atoms with Gasteiger partial charge in [0.2, 0.25) is 5.11 Å². The third-order valence-corrected chi connectivity index (χ3v) is 1.45. The normalized spacial score (nSPS) is 15.5. The van der Waals surface area contributed by atoms with Gasteiger partial charge in [-0.05, 0) is 29.9 Å². The van der Waals surface area contributed by atoms with Crippen LogP contribution in [0.15, 0.2) is 46.6 Å². The summed E-state index contributed by atoms with van der Waals surface area (Å²) >= 11 is 4.52. The molecular formula is C8H10N4S. The monoisotopic (exact) mass is 194 g/mol. The van der Waals surface area contributed by atoms with Gasteiger partial charge in [-0.3, -0.25) is 0 Å². The van der Waals surface area contributed by atoms with E-state index in [0.29, 0.717) is 0 Å². The Hall–Kier alpha value is -1.49. The SMILES string of the molecule is CN1C=CC(=CN=NC(N)=S)C=C1. The molecular weight excluding hydrogens is 184 g/mol. The van der Waals surface area contributed by atoms with Crippen molar-refractivity contribution in [3.8, 4) is 0 Å². The van der Waals surface area contributed by atoms with E-state index in [1.165, 1.54) is 0 Å². The van der Waals surface area contributed by atoms with Crippen molar-refractivity contribution in [2.75, 3.05) is 7.05 Å². The van der Waals surface area contributed by atoms with Crippen LogP contribution < -0.4 is 5.73 Å². The molecule has 0 saturated heterocycles. The number of rotatable bonds is 1. The summed E-state index contributed by atoms with van der Waals surface area (Å²) in [5.41, 5.74) is 6.08. The highest BCUT2D eigenvalue weighted by atomic mass is 32.1. The van der Waals surface area contributed by atoms with Gasteiger partial charge in [-0.1, -0.05) is 0 Å². The van der Waals surface area contributed by atoms with Crippen molar-refractivity contribution >= 4 is 17.3 Å². The first kappa shape index (κ1) is 9.60. The predicted molar refractivity (Wildman–Crippen MR) is 55.8 cm³/mol. The molecule has 2 N–H and O–H groups in total. The molecule has 68 valence electrons. The zero-order valence-corrected chi connectivity index (χ0v) is 8.03. The van der Waals surface area contributed by atoms with Crippen LogP contribution in [0.1, 0.15) is 0 Å². The van der Waals surface area contributed by atoms with E-state index in [9.17, 15) is 0 Å². The maximum atomic E-state index is 5.13. The van der Waals surface area contributed by atoms with Crippen LogP contribution in [0.2, 0.25) is 0 Å². The molecule has 0 saturated carbocycles. The first-order chi connectivity index (χ1) is 6.18. The number of hydrogen-bond donors (Lipinski definition) is 1. The third kappa shape index (κ3) is 3.62. The summed E-state index contributed by atoms with van der Waals surface area (Å²) in [6.07, 6.45) is 9.26. The number of thiocarbonyl (C=S) groups is 1. The predicted octanol–water partition coefficient (Wildman–Crippen LogP) is 1.54. The van der Waals surface area contributed by atoms with Gasteiger partial charge in [-0.2, -0.15) is 5.11 Å². The molecule has 0 aromatic rings. The van der Waals surface area contributed by atoms with Crippen LogP contribution in [0, 0.1) is 0 Å². The van der Waals surface area contributed by atoms with E-state index in [1.807, 2.05) is 36.5 Å². The second-order valence-corrected chi connectivity index (χ2v) is 2.90. The summed E-state index contributed by atoms with van der Waals surface area (Å²) in [4.78, 5) is 1.93. The first-order valence-electron chi connectivity index (χ1n) is 3.67. The molecule has 0 atom stereocenters. The number of nitrogens with zero attached hydrogens (tertiary/aromatic N) is 3. The van der Waals surface area contributed by atoms with Crippen molar-refractivity contribution in [3.05, 3.63) is 36.3 Å². The van der Waals surface area contributed by atoms with Crippen molar-refractivity contribution in [1.82, 2.24) is 4.90 Å². The zero-order chi connectivity index (χ0) is 9.68. The van der Waals surface area contributed by atoms with Crippen LogP contribution >= 0.6 is 12.2 Å². The standard InChI is InChI=1S/C8H10N4S/c1-12-4-2-7(3-5-12)6-10-11-8(9)13/h2-6H,1H3,(H2,9,13). The van der Waals surface area contributed by atoms with Gasteiger partial charge < -0.3 is 10.6 Å². The van der Waals surface area contributed by atoms with Gasteiger partial charge in [0, 0.05) is 19.4 Å². The lowest BCUT2D eigenvalue weighted by molar-refractivity contribution is 0.620. The zero-order valence-electron chi connectivity index (χ0n) is 7.21. The molecule has 0 unspecified atom stereocenters. The number of azo groups is 1. The van der Waals surface area contributed by atoms with E-state index in [1.54, 1.807) is 6.20 Å². The maximum Gasteiger partial charge on any atom is 0.211 e. The van der Waals surface area contributed by atoms with Crippen molar-refractivity contribution in [2.24, 2.45) is 16.0 Å². The van der Waals surface area contributed by atoms with E-state index in [2.05, 4.69) is 22.4 Å². The molecule has 0 spiro atoms. The van der Waals surface area contributed by atoms with Gasteiger partial charge in [0.15, 0.2) is 0 Å². The summed E-state index contributed by atoms with van der Waals surface area (Å²) in [5.74, 6) is 0. The Morgan fingerprint density at radius 2 is 2.15 bits per heavy atom. The fraction of sp³-hybridized carbons (Fsp3) is 0.125. The van der Waals surface area contributed by atoms with Gasteiger partial charge in [0.1, 0.15) is 0 Å². The van der Waals surface area contributed by atoms with E-state index in [0.717, 1.165) is 5.57 Å². The highest BCUT2D eigenvalue weighted by Crippen LogP contribution is 2.07.